The van der Waals surface area contributed by atoms with Crippen LogP contribution in [0.3, 0.4) is 0 Å². The van der Waals surface area contributed by atoms with Gasteiger partial charge < -0.3 is 10.5 Å². The molecule has 0 fully saturated rings. The van der Waals surface area contributed by atoms with E-state index in [4.69, 9.17) is 10.5 Å². The molecule has 0 radical (unpaired) electrons. The fourth-order valence-corrected chi connectivity index (χ4v) is 2.08. The van der Waals surface area contributed by atoms with Crippen LogP contribution in [0.5, 0.6) is 0 Å². The van der Waals surface area contributed by atoms with Gasteiger partial charge in [-0.1, -0.05) is 6.07 Å². The first-order valence-corrected chi connectivity index (χ1v) is 6.68. The summed E-state index contributed by atoms with van der Waals surface area (Å²) in [5, 5.41) is 0. The predicted molar refractivity (Wildman–Crippen MR) is 76.7 cm³/mol. The van der Waals surface area contributed by atoms with E-state index in [1.807, 2.05) is 12.1 Å². The first kappa shape index (κ1) is 14.5. The number of rotatable bonds is 4. The second-order valence-electron chi connectivity index (χ2n) is 4.10. The van der Waals surface area contributed by atoms with Gasteiger partial charge in [0, 0.05) is 23.3 Å². The number of nitrogen functional groups attached to an aromatic ring is 1. The topological polar surface area (TPSA) is 65.2 Å². The number of benzene rings is 1. The molecule has 2 rings (SSSR count). The van der Waals surface area contributed by atoms with Gasteiger partial charge in [-0.15, -0.1) is 0 Å². The van der Waals surface area contributed by atoms with Crippen LogP contribution >= 0.6 is 15.9 Å². The summed E-state index contributed by atoms with van der Waals surface area (Å²) in [5.41, 5.74) is 6.52. The molecule has 0 amide bonds. The summed E-state index contributed by atoms with van der Waals surface area (Å²) in [6, 6.07) is 6.11. The van der Waals surface area contributed by atoms with E-state index in [1.54, 1.807) is 12.4 Å². The van der Waals surface area contributed by atoms with Crippen molar-refractivity contribution in [3.8, 4) is 0 Å². The van der Waals surface area contributed by atoms with Gasteiger partial charge in [0.05, 0.1) is 17.9 Å². The third kappa shape index (κ3) is 3.54. The minimum absolute atomic E-state index is 0.0904. The van der Waals surface area contributed by atoms with E-state index in [0.29, 0.717) is 10.9 Å². The predicted octanol–water partition coefficient (Wildman–Crippen LogP) is 2.96. The molecule has 0 saturated heterocycles. The molecular weight excluding hydrogens is 327 g/mol. The molecule has 1 aromatic heterocycles. The summed E-state index contributed by atoms with van der Waals surface area (Å²) < 4.78 is 18.6. The molecule has 2 aromatic rings. The maximum absolute atomic E-state index is 13.2. The molecular formula is C14H12BrFN2O2. The van der Waals surface area contributed by atoms with Gasteiger partial charge in [0.2, 0.25) is 0 Å². The highest BCUT2D eigenvalue weighted by molar-refractivity contribution is 9.10. The van der Waals surface area contributed by atoms with Crippen LogP contribution in [-0.2, 0) is 11.2 Å². The summed E-state index contributed by atoms with van der Waals surface area (Å²) in [6.45, 7) is 0.217. The second-order valence-corrected chi connectivity index (χ2v) is 4.96. The number of hydrogen-bond donors (Lipinski definition) is 1. The molecule has 0 aliphatic carbocycles. The zero-order chi connectivity index (χ0) is 14.5. The number of hydrogen-bond acceptors (Lipinski definition) is 4. The van der Waals surface area contributed by atoms with Crippen molar-refractivity contribution in [3.05, 3.63) is 58.1 Å². The number of carbonyl (C=O) groups is 1. The number of nitrogens with zero attached hydrogens (tertiary/aromatic N) is 1. The lowest BCUT2D eigenvalue weighted by Gasteiger charge is -2.08. The fraction of sp³-hybridized carbons (Fsp3) is 0.143. The zero-order valence-corrected chi connectivity index (χ0v) is 12.1. The highest BCUT2D eigenvalue weighted by Crippen LogP contribution is 2.23. The average molecular weight is 339 g/mol. The summed E-state index contributed by atoms with van der Waals surface area (Å²) >= 11 is 3.11. The van der Waals surface area contributed by atoms with E-state index < -0.39 is 11.8 Å². The zero-order valence-electron chi connectivity index (χ0n) is 10.5. The van der Waals surface area contributed by atoms with E-state index in [2.05, 4.69) is 20.9 Å². The Balaban J connectivity index is 1.97. The Morgan fingerprint density at radius 3 is 2.95 bits per heavy atom. The summed E-state index contributed by atoms with van der Waals surface area (Å²) in [7, 11) is 0. The van der Waals surface area contributed by atoms with Crippen LogP contribution in [0, 0.1) is 5.82 Å². The lowest BCUT2D eigenvalue weighted by atomic mass is 10.2. The number of ether oxygens (including phenoxy) is 1. The summed E-state index contributed by atoms with van der Waals surface area (Å²) in [4.78, 5) is 15.8. The Kier molecular flexibility index (Phi) is 4.68. The molecule has 0 aliphatic heterocycles. The number of anilines is 1. The molecule has 0 unspecified atom stereocenters. The van der Waals surface area contributed by atoms with E-state index in [0.717, 1.165) is 11.6 Å². The van der Waals surface area contributed by atoms with Gasteiger partial charge in [0.1, 0.15) is 5.82 Å². The van der Waals surface area contributed by atoms with Crippen LogP contribution in [-0.4, -0.2) is 17.6 Å². The minimum atomic E-state index is -0.580. The quantitative estimate of drug-likeness (QED) is 0.687. The molecule has 0 aliphatic rings. The Morgan fingerprint density at radius 1 is 1.45 bits per heavy atom. The number of nitrogens with two attached hydrogens (primary N) is 1. The van der Waals surface area contributed by atoms with E-state index in [1.165, 1.54) is 6.07 Å². The molecule has 20 heavy (non-hydrogen) atoms. The van der Waals surface area contributed by atoms with Crippen molar-refractivity contribution < 1.29 is 13.9 Å². The van der Waals surface area contributed by atoms with Gasteiger partial charge in [0.25, 0.3) is 0 Å². The number of aromatic nitrogens is 1. The maximum atomic E-state index is 13.2. The largest absolute Gasteiger partial charge is 0.462 e. The molecule has 4 nitrogen and oxygen atoms in total. The summed E-state index contributed by atoms with van der Waals surface area (Å²) in [6.07, 6.45) is 3.95. The molecule has 2 N–H and O–H groups in total. The van der Waals surface area contributed by atoms with Crippen molar-refractivity contribution in [3.63, 3.8) is 0 Å². The summed E-state index contributed by atoms with van der Waals surface area (Å²) in [5.74, 6) is -1.13. The van der Waals surface area contributed by atoms with Crippen molar-refractivity contribution in [2.75, 3.05) is 12.3 Å². The average Bonchev–Trinajstić information content (AvgIpc) is 2.44. The third-order valence-electron chi connectivity index (χ3n) is 2.65. The van der Waals surface area contributed by atoms with Crippen molar-refractivity contribution in [2.24, 2.45) is 0 Å². The molecule has 0 bridgehead atoms. The van der Waals surface area contributed by atoms with Crippen LogP contribution in [0.1, 0.15) is 15.9 Å². The van der Waals surface area contributed by atoms with Crippen LogP contribution in [0.25, 0.3) is 0 Å². The molecule has 0 saturated carbocycles. The maximum Gasteiger partial charge on any atom is 0.339 e. The number of pyridine rings is 1. The minimum Gasteiger partial charge on any atom is -0.462 e. The smallest absolute Gasteiger partial charge is 0.339 e. The van der Waals surface area contributed by atoms with E-state index in [9.17, 15) is 9.18 Å². The molecule has 104 valence electrons. The second kappa shape index (κ2) is 6.47. The van der Waals surface area contributed by atoms with E-state index >= 15 is 0 Å². The van der Waals surface area contributed by atoms with Crippen molar-refractivity contribution in [1.82, 2.24) is 4.98 Å². The Labute approximate surface area is 123 Å². The van der Waals surface area contributed by atoms with Gasteiger partial charge in [-0.3, -0.25) is 4.98 Å². The molecule has 1 aromatic carbocycles. The standard InChI is InChI=1S/C14H12BrFN2O2/c15-11-7-12(16)13(17)6-10(11)14(19)20-5-3-9-2-1-4-18-8-9/h1-2,4,6-8H,3,5,17H2. The highest BCUT2D eigenvalue weighted by Gasteiger charge is 2.14. The van der Waals surface area contributed by atoms with Crippen molar-refractivity contribution in [1.29, 1.82) is 0 Å². The van der Waals surface area contributed by atoms with Crippen molar-refractivity contribution >= 4 is 27.6 Å². The normalized spacial score (nSPS) is 10.3. The molecule has 1 heterocycles. The Hall–Kier alpha value is -1.95. The lowest BCUT2D eigenvalue weighted by Crippen LogP contribution is -2.10. The molecule has 0 atom stereocenters. The van der Waals surface area contributed by atoms with Gasteiger partial charge in [-0.25, -0.2) is 9.18 Å². The van der Waals surface area contributed by atoms with Crippen LogP contribution in [0.2, 0.25) is 0 Å². The van der Waals surface area contributed by atoms with Gasteiger partial charge in [-0.2, -0.15) is 0 Å². The fourth-order valence-electron chi connectivity index (χ4n) is 1.61. The number of halogens is 2. The number of carbonyl (C=O) groups excluding carboxylic acids is 1. The van der Waals surface area contributed by atoms with Crippen LogP contribution in [0.15, 0.2) is 41.1 Å². The lowest BCUT2D eigenvalue weighted by molar-refractivity contribution is 0.0508. The van der Waals surface area contributed by atoms with Crippen LogP contribution in [0.4, 0.5) is 10.1 Å². The van der Waals surface area contributed by atoms with Gasteiger partial charge in [-0.05, 0) is 39.7 Å². The van der Waals surface area contributed by atoms with E-state index in [-0.39, 0.29) is 17.9 Å². The first-order valence-electron chi connectivity index (χ1n) is 5.88. The number of esters is 1. The van der Waals surface area contributed by atoms with Crippen molar-refractivity contribution in [2.45, 2.75) is 6.42 Å². The molecule has 0 spiro atoms. The molecule has 6 heteroatoms. The monoisotopic (exact) mass is 338 g/mol. The van der Waals surface area contributed by atoms with Gasteiger partial charge >= 0.3 is 5.97 Å². The first-order chi connectivity index (χ1) is 9.58. The SMILES string of the molecule is Nc1cc(C(=O)OCCc2cccnc2)c(Br)cc1F. The van der Waals surface area contributed by atoms with Crippen LogP contribution < -0.4 is 5.73 Å². The highest BCUT2D eigenvalue weighted by atomic mass is 79.9. The van der Waals surface area contributed by atoms with Gasteiger partial charge in [0.15, 0.2) is 0 Å². The Bertz CT molecular complexity index is 620. The third-order valence-corrected chi connectivity index (χ3v) is 3.31. The Morgan fingerprint density at radius 2 is 2.25 bits per heavy atom.